The Labute approximate surface area is 206 Å². The number of amides is 1. The highest BCUT2D eigenvalue weighted by Gasteiger charge is 2.35. The Bertz CT molecular complexity index is 1310. The Morgan fingerprint density at radius 3 is 2.40 bits per heavy atom. The molecule has 35 heavy (non-hydrogen) atoms. The third-order valence-electron chi connectivity index (χ3n) is 5.99. The fraction of sp³-hybridized carbons (Fsp3) is 0.435. The number of hydrogen-bond donors (Lipinski definition) is 1. The van der Waals surface area contributed by atoms with Gasteiger partial charge in [0.05, 0.1) is 25.0 Å². The smallest absolute Gasteiger partial charge is 0.246 e. The Hall–Kier alpha value is -2.67. The van der Waals surface area contributed by atoms with Gasteiger partial charge in [0.2, 0.25) is 26.0 Å². The number of anilines is 1. The van der Waals surface area contributed by atoms with E-state index >= 15 is 0 Å². The number of benzene rings is 2. The van der Waals surface area contributed by atoms with Crippen LogP contribution in [0.2, 0.25) is 0 Å². The van der Waals surface area contributed by atoms with Crippen LogP contribution in [0.15, 0.2) is 46.2 Å². The minimum atomic E-state index is -3.96. The number of methoxy groups -OCH3 is 2. The van der Waals surface area contributed by atoms with Crippen molar-refractivity contribution >= 4 is 31.6 Å². The number of nitrogens with one attached hydrogen (secondary N) is 1. The molecule has 1 saturated heterocycles. The SMILES string of the molecule is COc1ccc(OC)c(S(=O)(=O)N2CCC[C@H](C(=O)Nc3cc(S(=O)(=O)N(C)C)ccc3C)C2)c1. The molecule has 1 aliphatic rings. The Kier molecular flexibility index (Phi) is 8.10. The molecule has 1 heterocycles. The predicted molar refractivity (Wildman–Crippen MR) is 132 cm³/mol. The van der Waals surface area contributed by atoms with Crippen LogP contribution in [0.5, 0.6) is 11.5 Å². The molecule has 192 valence electrons. The van der Waals surface area contributed by atoms with Gasteiger partial charge in [-0.2, -0.15) is 4.31 Å². The van der Waals surface area contributed by atoms with Gasteiger partial charge in [-0.25, -0.2) is 21.1 Å². The number of sulfonamides is 2. The number of aryl methyl sites for hydroxylation is 1. The predicted octanol–water partition coefficient (Wildman–Crippen LogP) is 2.30. The Morgan fingerprint density at radius 2 is 1.77 bits per heavy atom. The molecule has 12 heteroatoms. The number of nitrogens with zero attached hydrogens (tertiary/aromatic N) is 2. The molecule has 0 unspecified atom stereocenters. The molecule has 0 aliphatic carbocycles. The van der Waals surface area contributed by atoms with E-state index in [0.717, 1.165) is 4.31 Å². The zero-order chi connectivity index (χ0) is 26.0. The van der Waals surface area contributed by atoms with Gasteiger partial charge in [0, 0.05) is 38.9 Å². The molecule has 0 aromatic heterocycles. The summed E-state index contributed by atoms with van der Waals surface area (Å²) >= 11 is 0. The van der Waals surface area contributed by atoms with Crippen molar-refractivity contribution in [2.75, 3.05) is 46.7 Å². The number of piperidine rings is 1. The molecule has 0 radical (unpaired) electrons. The van der Waals surface area contributed by atoms with Crippen molar-refractivity contribution in [1.29, 1.82) is 0 Å². The van der Waals surface area contributed by atoms with Crippen LogP contribution in [0.3, 0.4) is 0 Å². The van der Waals surface area contributed by atoms with Gasteiger partial charge in [0.15, 0.2) is 0 Å². The second kappa shape index (κ2) is 10.5. The van der Waals surface area contributed by atoms with E-state index in [4.69, 9.17) is 9.47 Å². The van der Waals surface area contributed by atoms with Gasteiger partial charge in [0.25, 0.3) is 0 Å². The fourth-order valence-corrected chi connectivity index (χ4v) is 6.46. The van der Waals surface area contributed by atoms with Crippen LogP contribution in [0.1, 0.15) is 18.4 Å². The first kappa shape index (κ1) is 26.9. The molecule has 0 spiro atoms. The summed E-state index contributed by atoms with van der Waals surface area (Å²) in [7, 11) is -1.93. The van der Waals surface area contributed by atoms with E-state index in [2.05, 4.69) is 5.32 Å². The number of rotatable bonds is 8. The minimum absolute atomic E-state index is 0.0106. The van der Waals surface area contributed by atoms with E-state index in [1.54, 1.807) is 19.1 Å². The molecular weight excluding hydrogens is 494 g/mol. The molecule has 0 saturated carbocycles. The van der Waals surface area contributed by atoms with Crippen molar-refractivity contribution < 1.29 is 31.1 Å². The summed E-state index contributed by atoms with van der Waals surface area (Å²) in [4.78, 5) is 13.1. The average molecular weight is 526 g/mol. The molecule has 1 N–H and O–H groups in total. The highest BCUT2D eigenvalue weighted by Crippen LogP contribution is 2.33. The topological polar surface area (TPSA) is 122 Å². The summed E-state index contributed by atoms with van der Waals surface area (Å²) in [5.74, 6) is -0.417. The van der Waals surface area contributed by atoms with Crippen LogP contribution in [0.4, 0.5) is 5.69 Å². The van der Waals surface area contributed by atoms with E-state index in [9.17, 15) is 21.6 Å². The summed E-state index contributed by atoms with van der Waals surface area (Å²) < 4.78 is 64.6. The lowest BCUT2D eigenvalue weighted by Gasteiger charge is -2.31. The molecule has 10 nitrogen and oxygen atoms in total. The van der Waals surface area contributed by atoms with Gasteiger partial charge in [-0.1, -0.05) is 6.07 Å². The third kappa shape index (κ3) is 5.61. The van der Waals surface area contributed by atoms with Crippen molar-refractivity contribution in [3.05, 3.63) is 42.0 Å². The highest BCUT2D eigenvalue weighted by atomic mass is 32.2. The van der Waals surface area contributed by atoms with Crippen molar-refractivity contribution in [3.8, 4) is 11.5 Å². The third-order valence-corrected chi connectivity index (χ3v) is 9.69. The largest absolute Gasteiger partial charge is 0.497 e. The molecule has 3 rings (SSSR count). The summed E-state index contributed by atoms with van der Waals surface area (Å²) in [5, 5.41) is 2.80. The molecule has 2 aromatic rings. The van der Waals surface area contributed by atoms with Crippen LogP contribution in [0, 0.1) is 12.8 Å². The molecule has 1 atom stereocenters. The molecule has 2 aromatic carbocycles. The number of carbonyl (C=O) groups excluding carboxylic acids is 1. The lowest BCUT2D eigenvalue weighted by Crippen LogP contribution is -2.43. The summed E-state index contributed by atoms with van der Waals surface area (Å²) in [6, 6.07) is 9.06. The molecule has 1 aliphatic heterocycles. The fourth-order valence-electron chi connectivity index (χ4n) is 3.84. The van der Waals surface area contributed by atoms with Crippen molar-refractivity contribution in [2.45, 2.75) is 29.6 Å². The quantitative estimate of drug-likeness (QED) is 0.561. The zero-order valence-electron chi connectivity index (χ0n) is 20.4. The Morgan fingerprint density at radius 1 is 1.06 bits per heavy atom. The zero-order valence-corrected chi connectivity index (χ0v) is 22.1. The van der Waals surface area contributed by atoms with E-state index in [-0.39, 0.29) is 34.5 Å². The van der Waals surface area contributed by atoms with Gasteiger partial charge in [0.1, 0.15) is 16.4 Å². The maximum atomic E-state index is 13.4. The normalized spacial score (nSPS) is 17.3. The first-order valence-electron chi connectivity index (χ1n) is 11.0. The van der Waals surface area contributed by atoms with Crippen molar-refractivity contribution in [2.24, 2.45) is 5.92 Å². The lowest BCUT2D eigenvalue weighted by atomic mass is 9.98. The summed E-state index contributed by atoms with van der Waals surface area (Å²) in [5.41, 5.74) is 1.06. The maximum absolute atomic E-state index is 13.4. The summed E-state index contributed by atoms with van der Waals surface area (Å²) in [6.07, 6.45) is 0.999. The number of hydrogen-bond acceptors (Lipinski definition) is 7. The number of carbonyl (C=O) groups is 1. The second-order valence-corrected chi connectivity index (χ2v) is 12.5. The van der Waals surface area contributed by atoms with Crippen molar-refractivity contribution in [3.63, 3.8) is 0 Å². The minimum Gasteiger partial charge on any atom is -0.497 e. The average Bonchev–Trinajstić information content (AvgIpc) is 2.84. The van der Waals surface area contributed by atoms with Crippen LogP contribution in [-0.2, 0) is 24.8 Å². The summed E-state index contributed by atoms with van der Waals surface area (Å²) in [6.45, 7) is 2.01. The van der Waals surface area contributed by atoms with Gasteiger partial charge >= 0.3 is 0 Å². The van der Waals surface area contributed by atoms with E-state index in [0.29, 0.717) is 29.8 Å². The highest BCUT2D eigenvalue weighted by molar-refractivity contribution is 7.89. The van der Waals surface area contributed by atoms with E-state index in [1.807, 2.05) is 0 Å². The van der Waals surface area contributed by atoms with E-state index < -0.39 is 26.0 Å². The van der Waals surface area contributed by atoms with E-state index in [1.165, 1.54) is 56.9 Å². The molecular formula is C23H31N3O7S2. The van der Waals surface area contributed by atoms with Crippen LogP contribution in [0.25, 0.3) is 0 Å². The molecule has 0 bridgehead atoms. The number of ether oxygens (including phenoxy) is 2. The van der Waals surface area contributed by atoms with Gasteiger partial charge < -0.3 is 14.8 Å². The van der Waals surface area contributed by atoms with Crippen LogP contribution >= 0.6 is 0 Å². The van der Waals surface area contributed by atoms with Crippen LogP contribution in [-0.4, -0.2) is 72.8 Å². The first-order valence-corrected chi connectivity index (χ1v) is 13.9. The Balaban J connectivity index is 1.83. The van der Waals surface area contributed by atoms with Crippen molar-refractivity contribution in [1.82, 2.24) is 8.61 Å². The lowest BCUT2D eigenvalue weighted by molar-refractivity contribution is -0.120. The van der Waals surface area contributed by atoms with Gasteiger partial charge in [-0.15, -0.1) is 0 Å². The maximum Gasteiger partial charge on any atom is 0.246 e. The molecule has 1 amide bonds. The standard InChI is InChI=1S/C23H31N3O7S2/c1-16-8-10-19(34(28,29)25(2)3)14-20(16)24-23(27)17-7-6-12-26(15-17)35(30,31)22-13-18(32-4)9-11-21(22)33-5/h8-11,13-14,17H,6-7,12,15H2,1-5H3,(H,24,27)/t17-/m0/s1. The first-order chi connectivity index (χ1) is 16.4. The second-order valence-electron chi connectivity index (χ2n) is 8.47. The molecule has 1 fully saturated rings. The monoisotopic (exact) mass is 525 g/mol. The van der Waals surface area contributed by atoms with Gasteiger partial charge in [-0.05, 0) is 49.6 Å². The van der Waals surface area contributed by atoms with Gasteiger partial charge in [-0.3, -0.25) is 4.79 Å². The van der Waals surface area contributed by atoms with Crippen LogP contribution < -0.4 is 14.8 Å².